The Morgan fingerprint density at radius 1 is 1.38 bits per heavy atom. The van der Waals surface area contributed by atoms with Crippen LogP contribution in [0.25, 0.3) is 0 Å². The molecule has 0 saturated carbocycles. The van der Waals surface area contributed by atoms with E-state index in [4.69, 9.17) is 0 Å². The zero-order valence-corrected chi connectivity index (χ0v) is 11.0. The minimum atomic E-state index is -0.267. The van der Waals surface area contributed by atoms with Gasteiger partial charge in [0.25, 0.3) is 0 Å². The summed E-state index contributed by atoms with van der Waals surface area (Å²) in [6.45, 7) is 9.77. The Bertz CT molecular complexity index is 240. The van der Waals surface area contributed by atoms with Crippen LogP contribution in [0.5, 0.6) is 0 Å². The quantitative estimate of drug-likeness (QED) is 0.801. The lowest BCUT2D eigenvalue weighted by Crippen LogP contribution is -2.46. The van der Waals surface area contributed by atoms with Crippen molar-refractivity contribution in [3.8, 4) is 0 Å². The number of aliphatic hydroxyl groups excluding tert-OH is 1. The highest BCUT2D eigenvalue weighted by atomic mass is 16.3. The summed E-state index contributed by atoms with van der Waals surface area (Å²) in [5.74, 6) is 0.780. The standard InChI is InChI=1S/C13H25NO2/c1-10(2)9-13(3,4)12(16)14-7-5-11(15)6-8-14/h10-11,15H,5-9H2,1-4H3. The van der Waals surface area contributed by atoms with E-state index in [-0.39, 0.29) is 17.4 Å². The summed E-state index contributed by atoms with van der Waals surface area (Å²) in [6.07, 6.45) is 2.16. The Labute approximate surface area is 98.8 Å². The molecule has 0 spiro atoms. The van der Waals surface area contributed by atoms with Crippen molar-refractivity contribution in [1.29, 1.82) is 0 Å². The van der Waals surface area contributed by atoms with E-state index in [1.807, 2.05) is 18.7 Å². The summed E-state index contributed by atoms with van der Waals surface area (Å²) in [4.78, 5) is 14.2. The normalized spacial score (nSPS) is 19.2. The first-order valence-electron chi connectivity index (χ1n) is 6.30. The molecule has 0 atom stereocenters. The number of piperidine rings is 1. The van der Waals surface area contributed by atoms with Crippen LogP contribution in [0.15, 0.2) is 0 Å². The molecule has 16 heavy (non-hydrogen) atoms. The number of hydrogen-bond acceptors (Lipinski definition) is 2. The first-order valence-corrected chi connectivity index (χ1v) is 6.30. The molecule has 1 aliphatic rings. The SMILES string of the molecule is CC(C)CC(C)(C)C(=O)N1CCC(O)CC1. The summed E-state index contributed by atoms with van der Waals surface area (Å²) in [5.41, 5.74) is -0.267. The number of hydrogen-bond donors (Lipinski definition) is 1. The van der Waals surface area contributed by atoms with E-state index in [9.17, 15) is 9.90 Å². The first kappa shape index (κ1) is 13.5. The van der Waals surface area contributed by atoms with E-state index in [1.165, 1.54) is 0 Å². The molecule has 1 saturated heterocycles. The molecule has 0 aromatic carbocycles. The summed E-state index contributed by atoms with van der Waals surface area (Å²) >= 11 is 0. The van der Waals surface area contributed by atoms with Crippen molar-refractivity contribution < 1.29 is 9.90 Å². The van der Waals surface area contributed by atoms with Gasteiger partial charge in [-0.15, -0.1) is 0 Å². The van der Waals surface area contributed by atoms with Crippen molar-refractivity contribution in [2.45, 2.75) is 53.1 Å². The predicted molar refractivity (Wildman–Crippen MR) is 65.1 cm³/mol. The molecule has 0 aliphatic carbocycles. The number of carbonyl (C=O) groups is 1. The second-order valence-electron chi connectivity index (χ2n) is 6.01. The van der Waals surface area contributed by atoms with E-state index >= 15 is 0 Å². The zero-order valence-electron chi connectivity index (χ0n) is 11.0. The molecule has 0 aromatic heterocycles. The first-order chi connectivity index (χ1) is 7.33. The van der Waals surface area contributed by atoms with Gasteiger partial charge in [-0.05, 0) is 25.2 Å². The second-order valence-corrected chi connectivity index (χ2v) is 6.01. The lowest BCUT2D eigenvalue weighted by atomic mass is 9.82. The topological polar surface area (TPSA) is 40.5 Å². The molecular weight excluding hydrogens is 202 g/mol. The Balaban J connectivity index is 2.56. The molecule has 0 unspecified atom stereocenters. The summed E-state index contributed by atoms with van der Waals surface area (Å²) < 4.78 is 0. The Morgan fingerprint density at radius 2 is 1.88 bits per heavy atom. The summed E-state index contributed by atoms with van der Waals surface area (Å²) in [6, 6.07) is 0. The molecule has 1 heterocycles. The third kappa shape index (κ3) is 3.48. The number of amides is 1. The molecule has 94 valence electrons. The number of carbonyl (C=O) groups excluding carboxylic acids is 1. The number of rotatable bonds is 3. The van der Waals surface area contributed by atoms with Crippen LogP contribution in [0, 0.1) is 11.3 Å². The fraction of sp³-hybridized carbons (Fsp3) is 0.923. The molecule has 1 fully saturated rings. The van der Waals surface area contributed by atoms with E-state index in [2.05, 4.69) is 13.8 Å². The van der Waals surface area contributed by atoms with Crippen molar-refractivity contribution >= 4 is 5.91 Å². The minimum Gasteiger partial charge on any atom is -0.393 e. The highest BCUT2D eigenvalue weighted by Crippen LogP contribution is 2.29. The smallest absolute Gasteiger partial charge is 0.228 e. The molecule has 3 nitrogen and oxygen atoms in total. The summed E-state index contributed by atoms with van der Waals surface area (Å²) in [7, 11) is 0. The molecule has 1 rings (SSSR count). The van der Waals surface area contributed by atoms with Gasteiger partial charge in [-0.3, -0.25) is 4.79 Å². The molecular formula is C13H25NO2. The van der Waals surface area contributed by atoms with E-state index in [0.29, 0.717) is 19.0 Å². The second kappa shape index (κ2) is 5.17. The monoisotopic (exact) mass is 227 g/mol. The van der Waals surface area contributed by atoms with Crippen LogP contribution in [0.3, 0.4) is 0 Å². The average molecular weight is 227 g/mol. The van der Waals surface area contributed by atoms with Gasteiger partial charge in [-0.2, -0.15) is 0 Å². The Morgan fingerprint density at radius 3 is 2.31 bits per heavy atom. The van der Waals surface area contributed by atoms with Gasteiger partial charge in [-0.1, -0.05) is 27.7 Å². The maximum absolute atomic E-state index is 12.3. The van der Waals surface area contributed by atoms with Gasteiger partial charge in [0, 0.05) is 18.5 Å². The van der Waals surface area contributed by atoms with Crippen LogP contribution < -0.4 is 0 Å². The van der Waals surface area contributed by atoms with Crippen molar-refractivity contribution in [3.63, 3.8) is 0 Å². The zero-order chi connectivity index (χ0) is 12.3. The van der Waals surface area contributed by atoms with Crippen LogP contribution >= 0.6 is 0 Å². The van der Waals surface area contributed by atoms with Crippen molar-refractivity contribution in [1.82, 2.24) is 4.90 Å². The van der Waals surface area contributed by atoms with Crippen molar-refractivity contribution in [2.24, 2.45) is 11.3 Å². The molecule has 3 heteroatoms. The van der Waals surface area contributed by atoms with Gasteiger partial charge in [0.15, 0.2) is 0 Å². The molecule has 0 aromatic rings. The minimum absolute atomic E-state index is 0.211. The lowest BCUT2D eigenvalue weighted by molar-refractivity contribution is -0.143. The van der Waals surface area contributed by atoms with Gasteiger partial charge >= 0.3 is 0 Å². The fourth-order valence-electron chi connectivity index (χ4n) is 2.60. The Kier molecular flexibility index (Phi) is 4.36. The molecule has 0 radical (unpaired) electrons. The van der Waals surface area contributed by atoms with Crippen LogP contribution in [0.2, 0.25) is 0 Å². The largest absolute Gasteiger partial charge is 0.393 e. The van der Waals surface area contributed by atoms with Crippen LogP contribution in [0.1, 0.15) is 47.0 Å². The molecule has 0 bridgehead atoms. The number of nitrogens with zero attached hydrogens (tertiary/aromatic N) is 1. The Hall–Kier alpha value is -0.570. The number of likely N-dealkylation sites (tertiary alicyclic amines) is 1. The maximum Gasteiger partial charge on any atom is 0.228 e. The molecule has 1 amide bonds. The van der Waals surface area contributed by atoms with Gasteiger partial charge in [-0.25, -0.2) is 0 Å². The van der Waals surface area contributed by atoms with Crippen LogP contribution in [-0.4, -0.2) is 35.1 Å². The third-order valence-corrected chi connectivity index (χ3v) is 3.25. The molecule has 1 aliphatic heterocycles. The van der Waals surface area contributed by atoms with E-state index in [0.717, 1.165) is 19.3 Å². The van der Waals surface area contributed by atoms with Crippen molar-refractivity contribution in [3.05, 3.63) is 0 Å². The molecule has 1 N–H and O–H groups in total. The maximum atomic E-state index is 12.3. The summed E-state index contributed by atoms with van der Waals surface area (Å²) in [5, 5.41) is 9.42. The van der Waals surface area contributed by atoms with E-state index < -0.39 is 0 Å². The van der Waals surface area contributed by atoms with Gasteiger partial charge in [0.1, 0.15) is 0 Å². The predicted octanol–water partition coefficient (Wildman–Crippen LogP) is 2.04. The van der Waals surface area contributed by atoms with Crippen molar-refractivity contribution in [2.75, 3.05) is 13.1 Å². The number of aliphatic hydroxyl groups is 1. The van der Waals surface area contributed by atoms with Gasteiger partial charge in [0.05, 0.1) is 6.10 Å². The van der Waals surface area contributed by atoms with Gasteiger partial charge in [0.2, 0.25) is 5.91 Å². The lowest BCUT2D eigenvalue weighted by Gasteiger charge is -2.36. The fourth-order valence-corrected chi connectivity index (χ4v) is 2.60. The van der Waals surface area contributed by atoms with Crippen LogP contribution in [-0.2, 0) is 4.79 Å². The highest BCUT2D eigenvalue weighted by molar-refractivity contribution is 5.82. The average Bonchev–Trinajstić information content (AvgIpc) is 2.16. The van der Waals surface area contributed by atoms with E-state index in [1.54, 1.807) is 0 Å². The van der Waals surface area contributed by atoms with Gasteiger partial charge < -0.3 is 10.0 Å². The third-order valence-electron chi connectivity index (χ3n) is 3.25. The highest BCUT2D eigenvalue weighted by Gasteiger charge is 2.33. The van der Waals surface area contributed by atoms with Crippen LogP contribution in [0.4, 0.5) is 0 Å².